The van der Waals surface area contributed by atoms with E-state index < -0.39 is 0 Å². The van der Waals surface area contributed by atoms with Gasteiger partial charge in [0.1, 0.15) is 11.4 Å². The number of methoxy groups -OCH3 is 1. The van der Waals surface area contributed by atoms with Crippen molar-refractivity contribution in [1.29, 1.82) is 0 Å². The lowest BCUT2D eigenvalue weighted by atomic mass is 9.88. The molecule has 1 spiro atoms. The second-order valence-electron chi connectivity index (χ2n) is 7.76. The molecule has 2 heterocycles. The number of carbonyl (C=O) groups excluding carboxylic acids is 1. The van der Waals surface area contributed by atoms with Crippen molar-refractivity contribution in [2.75, 3.05) is 33.9 Å². The normalized spacial score (nSPS) is 20.4. The first-order valence-corrected chi connectivity index (χ1v) is 9.88. The molecule has 0 bridgehead atoms. The van der Waals surface area contributed by atoms with E-state index >= 15 is 0 Å². The average Bonchev–Trinajstić information content (AvgIpc) is 3.13. The van der Waals surface area contributed by atoms with Crippen molar-refractivity contribution >= 4 is 17.5 Å². The van der Waals surface area contributed by atoms with Gasteiger partial charge in [0.15, 0.2) is 0 Å². The van der Waals surface area contributed by atoms with Gasteiger partial charge in [-0.25, -0.2) is 0 Å². The largest absolute Gasteiger partial charge is 0.496 e. The number of rotatable bonds is 5. The number of amides is 1. The number of likely N-dealkylation sites (N-methyl/N-ethyl adjacent to an activating group) is 1. The first-order valence-electron chi connectivity index (χ1n) is 9.51. The molecule has 148 valence electrons. The number of carbonyl (C=O) groups is 1. The highest BCUT2D eigenvalue weighted by Gasteiger charge is 2.52. The zero-order chi connectivity index (χ0) is 19.7. The van der Waals surface area contributed by atoms with Crippen LogP contribution in [0.15, 0.2) is 48.5 Å². The van der Waals surface area contributed by atoms with E-state index in [4.69, 9.17) is 21.1 Å². The van der Waals surface area contributed by atoms with Crippen molar-refractivity contribution in [3.8, 4) is 5.75 Å². The Labute approximate surface area is 170 Å². The Kier molecular flexibility index (Phi) is 5.32. The fraction of sp³-hybridized carbons (Fsp3) is 0.409. The van der Waals surface area contributed by atoms with Crippen molar-refractivity contribution in [2.45, 2.75) is 24.6 Å². The highest BCUT2D eigenvalue weighted by molar-refractivity contribution is 6.30. The average molecular weight is 401 g/mol. The van der Waals surface area contributed by atoms with E-state index in [2.05, 4.69) is 36.2 Å². The number of benzene rings is 2. The van der Waals surface area contributed by atoms with Crippen LogP contribution >= 0.6 is 11.6 Å². The molecular weight excluding hydrogens is 376 g/mol. The van der Waals surface area contributed by atoms with Crippen LogP contribution in [0.4, 0.5) is 0 Å². The van der Waals surface area contributed by atoms with Crippen molar-refractivity contribution in [1.82, 2.24) is 9.80 Å². The molecule has 2 aliphatic heterocycles. The van der Waals surface area contributed by atoms with Crippen LogP contribution < -0.4 is 4.74 Å². The third-order valence-corrected chi connectivity index (χ3v) is 5.96. The molecule has 0 radical (unpaired) electrons. The number of nitrogens with zero attached hydrogens (tertiary/aromatic N) is 2. The summed E-state index contributed by atoms with van der Waals surface area (Å²) in [5, 5.41) is 0.553. The molecule has 1 unspecified atom stereocenters. The van der Waals surface area contributed by atoms with Crippen LogP contribution in [0.25, 0.3) is 0 Å². The van der Waals surface area contributed by atoms with Gasteiger partial charge in [-0.1, -0.05) is 41.9 Å². The lowest BCUT2D eigenvalue weighted by molar-refractivity contribution is -0.0951. The smallest absolute Gasteiger partial charge is 0.257 e. The zero-order valence-corrected chi connectivity index (χ0v) is 17.0. The van der Waals surface area contributed by atoms with E-state index in [1.165, 1.54) is 5.56 Å². The molecule has 1 atom stereocenters. The van der Waals surface area contributed by atoms with E-state index in [0.29, 0.717) is 42.1 Å². The van der Waals surface area contributed by atoms with E-state index in [1.54, 1.807) is 25.3 Å². The molecule has 2 aliphatic rings. The Hall–Kier alpha value is -2.08. The molecule has 1 amide bonds. The van der Waals surface area contributed by atoms with Crippen LogP contribution in [-0.4, -0.2) is 61.2 Å². The number of hydrogen-bond donors (Lipinski definition) is 0. The van der Waals surface area contributed by atoms with Crippen LogP contribution in [0.5, 0.6) is 5.75 Å². The highest BCUT2D eigenvalue weighted by atomic mass is 35.5. The molecule has 4 rings (SSSR count). The van der Waals surface area contributed by atoms with Gasteiger partial charge in [0.25, 0.3) is 5.91 Å². The van der Waals surface area contributed by atoms with Crippen molar-refractivity contribution in [2.24, 2.45) is 0 Å². The summed E-state index contributed by atoms with van der Waals surface area (Å²) in [6.07, 6.45) is 0.942. The molecule has 28 heavy (non-hydrogen) atoms. The second kappa shape index (κ2) is 7.74. The molecule has 5 nitrogen and oxygen atoms in total. The van der Waals surface area contributed by atoms with Crippen molar-refractivity contribution < 1.29 is 14.3 Å². The molecule has 2 saturated heterocycles. The number of likely N-dealkylation sites (tertiary alicyclic amines) is 1. The highest BCUT2D eigenvalue weighted by Crippen LogP contribution is 2.38. The van der Waals surface area contributed by atoms with Gasteiger partial charge in [-0.2, -0.15) is 0 Å². The first-order chi connectivity index (χ1) is 13.5. The molecule has 0 aliphatic carbocycles. The van der Waals surface area contributed by atoms with Gasteiger partial charge in [0, 0.05) is 17.6 Å². The Balaban J connectivity index is 1.35. The van der Waals surface area contributed by atoms with E-state index in [0.717, 1.165) is 13.0 Å². The molecule has 0 aromatic heterocycles. The Bertz CT molecular complexity index is 852. The zero-order valence-electron chi connectivity index (χ0n) is 16.2. The van der Waals surface area contributed by atoms with Gasteiger partial charge in [-0.15, -0.1) is 0 Å². The Morgan fingerprint density at radius 1 is 1.29 bits per heavy atom. The van der Waals surface area contributed by atoms with Gasteiger partial charge < -0.3 is 14.4 Å². The lowest BCUT2D eigenvalue weighted by Crippen LogP contribution is -2.63. The first kappa shape index (κ1) is 19.2. The van der Waals surface area contributed by atoms with E-state index in [1.807, 2.05) is 11.0 Å². The summed E-state index contributed by atoms with van der Waals surface area (Å²) in [6.45, 7) is 2.84. The van der Waals surface area contributed by atoms with Gasteiger partial charge in [-0.05, 0) is 37.2 Å². The van der Waals surface area contributed by atoms with Crippen LogP contribution in [-0.2, 0) is 11.3 Å². The number of ether oxygens (including phenoxy) is 2. The minimum absolute atomic E-state index is 0.0381. The second-order valence-corrected chi connectivity index (χ2v) is 8.19. The number of halogens is 1. The standard InChI is InChI=1S/C22H25ClN2O3/c1-24(12-16-6-4-3-5-7-16)18-11-22(28-13-18)14-25(15-22)21(26)19-9-8-17(23)10-20(19)27-2/h3-10,18H,11-15H2,1-2H3. The predicted octanol–water partition coefficient (Wildman–Crippen LogP) is 3.46. The topological polar surface area (TPSA) is 42.0 Å². The van der Waals surface area contributed by atoms with Gasteiger partial charge in [-0.3, -0.25) is 9.69 Å². The predicted molar refractivity (Wildman–Crippen MR) is 109 cm³/mol. The van der Waals surface area contributed by atoms with Crippen molar-refractivity contribution in [3.05, 3.63) is 64.7 Å². The molecule has 2 aromatic rings. The van der Waals surface area contributed by atoms with Gasteiger partial charge in [0.05, 0.1) is 32.4 Å². The molecule has 0 N–H and O–H groups in total. The summed E-state index contributed by atoms with van der Waals surface area (Å²) in [4.78, 5) is 17.0. The molecule has 2 fully saturated rings. The van der Waals surface area contributed by atoms with Crippen LogP contribution in [0, 0.1) is 0 Å². The Morgan fingerprint density at radius 3 is 2.75 bits per heavy atom. The molecule has 0 saturated carbocycles. The van der Waals surface area contributed by atoms with Crippen LogP contribution in [0.3, 0.4) is 0 Å². The molecule has 6 heteroatoms. The SMILES string of the molecule is COc1cc(Cl)ccc1C(=O)N1CC2(CC(N(C)Cc3ccccc3)CO2)C1. The van der Waals surface area contributed by atoms with Crippen LogP contribution in [0.2, 0.25) is 5.02 Å². The van der Waals surface area contributed by atoms with E-state index in [9.17, 15) is 4.79 Å². The Morgan fingerprint density at radius 2 is 2.04 bits per heavy atom. The van der Waals surface area contributed by atoms with Gasteiger partial charge >= 0.3 is 0 Å². The third-order valence-electron chi connectivity index (χ3n) is 5.73. The summed E-state index contributed by atoms with van der Waals surface area (Å²) in [5.74, 6) is 0.468. The molecule has 2 aromatic carbocycles. The maximum atomic E-state index is 12.9. The maximum absolute atomic E-state index is 12.9. The summed E-state index contributed by atoms with van der Waals surface area (Å²) in [5.41, 5.74) is 1.62. The summed E-state index contributed by atoms with van der Waals surface area (Å²) < 4.78 is 11.5. The fourth-order valence-electron chi connectivity index (χ4n) is 4.13. The third kappa shape index (κ3) is 3.75. The summed E-state index contributed by atoms with van der Waals surface area (Å²) >= 11 is 6.00. The van der Waals surface area contributed by atoms with Crippen LogP contribution in [0.1, 0.15) is 22.3 Å². The molecular formula is C22H25ClN2O3. The monoisotopic (exact) mass is 400 g/mol. The quantitative estimate of drug-likeness (QED) is 0.770. The minimum atomic E-state index is -0.217. The van der Waals surface area contributed by atoms with Crippen molar-refractivity contribution in [3.63, 3.8) is 0 Å². The van der Waals surface area contributed by atoms with Gasteiger partial charge in [0.2, 0.25) is 0 Å². The number of hydrogen-bond acceptors (Lipinski definition) is 4. The maximum Gasteiger partial charge on any atom is 0.257 e. The lowest BCUT2D eigenvalue weighted by Gasteiger charge is -2.47. The van der Waals surface area contributed by atoms with E-state index in [-0.39, 0.29) is 11.5 Å². The minimum Gasteiger partial charge on any atom is -0.496 e. The summed E-state index contributed by atoms with van der Waals surface area (Å²) in [6, 6.07) is 15.9. The fourth-order valence-corrected chi connectivity index (χ4v) is 4.29. The summed E-state index contributed by atoms with van der Waals surface area (Å²) in [7, 11) is 3.69.